The van der Waals surface area contributed by atoms with E-state index in [2.05, 4.69) is 18.5 Å². The van der Waals surface area contributed by atoms with Gasteiger partial charge in [-0.25, -0.2) is 0 Å². The molecule has 0 aliphatic heterocycles. The number of alkyl halides is 3. The minimum Gasteiger partial charge on any atom is -0.310 e. The molecule has 1 rings (SSSR count). The van der Waals surface area contributed by atoms with Crippen molar-refractivity contribution in [3.05, 3.63) is 109 Å². The normalized spacial score (nSPS) is 13.9. The molecule has 150 valence electrons. The number of aryl methyl sites for hydroxylation is 1. The van der Waals surface area contributed by atoms with Crippen LogP contribution in [0.4, 0.5) is 13.2 Å². The molecular weight excluding hydrogens is 359 g/mol. The van der Waals surface area contributed by atoms with Gasteiger partial charge < -0.3 is 5.32 Å². The van der Waals surface area contributed by atoms with E-state index < -0.39 is 11.7 Å². The molecule has 0 aliphatic carbocycles. The first-order chi connectivity index (χ1) is 13.3. The summed E-state index contributed by atoms with van der Waals surface area (Å²) in [5.74, 6) is 0. The number of hydrogen-bond donors (Lipinski definition) is 1. The Balaban J connectivity index is 2.33. The Morgan fingerprint density at radius 2 is 1.71 bits per heavy atom. The molecule has 1 atom stereocenters. The minimum absolute atomic E-state index is 0.0947. The van der Waals surface area contributed by atoms with Crippen molar-refractivity contribution in [3.8, 4) is 0 Å². The van der Waals surface area contributed by atoms with Crippen molar-refractivity contribution in [3.63, 3.8) is 0 Å². The van der Waals surface area contributed by atoms with Gasteiger partial charge in [0.1, 0.15) is 0 Å². The highest BCUT2D eigenvalue weighted by Gasteiger charge is 2.30. The lowest BCUT2D eigenvalue weighted by Gasteiger charge is -2.14. The van der Waals surface area contributed by atoms with E-state index in [1.54, 1.807) is 12.1 Å². The van der Waals surface area contributed by atoms with Crippen LogP contribution in [0.15, 0.2) is 97.7 Å². The Bertz CT molecular complexity index is 736. The van der Waals surface area contributed by atoms with E-state index >= 15 is 0 Å². The van der Waals surface area contributed by atoms with Crippen LogP contribution in [0.1, 0.15) is 24.5 Å². The smallest absolute Gasteiger partial charge is 0.310 e. The molecule has 1 aromatic rings. The van der Waals surface area contributed by atoms with Gasteiger partial charge in [-0.05, 0) is 43.5 Å². The summed E-state index contributed by atoms with van der Waals surface area (Å²) in [6.45, 7) is 10.4. The number of nitrogens with one attached hydrogen (secondary N) is 1. The predicted molar refractivity (Wildman–Crippen MR) is 113 cm³/mol. The molecular formula is C24H28F3N. The van der Waals surface area contributed by atoms with Gasteiger partial charge in [0.15, 0.2) is 0 Å². The number of halogens is 3. The van der Waals surface area contributed by atoms with Crippen molar-refractivity contribution in [1.82, 2.24) is 5.32 Å². The van der Waals surface area contributed by atoms with Gasteiger partial charge in [-0.2, -0.15) is 13.2 Å². The number of allylic oxidation sites excluding steroid dienone is 8. The zero-order chi connectivity index (χ0) is 20.8. The summed E-state index contributed by atoms with van der Waals surface area (Å²) in [5.41, 5.74) is 1.05. The first-order valence-electron chi connectivity index (χ1n) is 9.22. The minimum atomic E-state index is -4.29. The molecule has 0 aliphatic rings. The summed E-state index contributed by atoms with van der Waals surface area (Å²) in [6, 6.07) is 5.60. The van der Waals surface area contributed by atoms with Crippen LogP contribution in [0.2, 0.25) is 0 Å². The summed E-state index contributed by atoms with van der Waals surface area (Å²) in [4.78, 5) is 0. The maximum Gasteiger partial charge on any atom is 0.416 e. The predicted octanol–water partition coefficient (Wildman–Crippen LogP) is 6.58. The monoisotopic (exact) mass is 387 g/mol. The van der Waals surface area contributed by atoms with Gasteiger partial charge in [0.2, 0.25) is 0 Å². The molecule has 1 N–H and O–H groups in total. The van der Waals surface area contributed by atoms with Gasteiger partial charge in [0.05, 0.1) is 5.56 Å². The Hall–Kier alpha value is -2.59. The molecule has 0 unspecified atom stereocenters. The summed E-state index contributed by atoms with van der Waals surface area (Å²) in [7, 11) is 0. The lowest BCUT2D eigenvalue weighted by Crippen LogP contribution is -2.28. The lowest BCUT2D eigenvalue weighted by atomic mass is 10.1. The van der Waals surface area contributed by atoms with Crippen LogP contribution in [0.3, 0.4) is 0 Å². The van der Waals surface area contributed by atoms with Gasteiger partial charge in [-0.1, -0.05) is 86.0 Å². The fraction of sp³-hybridized carbons (Fsp3) is 0.250. The van der Waals surface area contributed by atoms with Crippen LogP contribution in [0.25, 0.3) is 0 Å². The van der Waals surface area contributed by atoms with Crippen molar-refractivity contribution >= 4 is 0 Å². The van der Waals surface area contributed by atoms with E-state index in [1.165, 1.54) is 12.1 Å². The third-order valence-corrected chi connectivity index (χ3v) is 4.02. The standard InChI is InChI=1S/C24H28F3N/c1-4-5-6-7-8-9-10-11-14-20(2)21(3)28-18-13-16-22-15-12-17-23(19-22)24(25,26)27/h4-12,14-15,17,19,21,28H,1-2,13,16,18H2,3H3/b6-5-,8-7-,10-9-,14-11-/t21-/m1/s1. The third kappa shape index (κ3) is 9.93. The van der Waals surface area contributed by atoms with Crippen molar-refractivity contribution < 1.29 is 13.2 Å². The van der Waals surface area contributed by atoms with E-state index in [4.69, 9.17) is 0 Å². The van der Waals surface area contributed by atoms with Crippen LogP contribution in [-0.4, -0.2) is 12.6 Å². The Morgan fingerprint density at radius 1 is 1.07 bits per heavy atom. The van der Waals surface area contributed by atoms with Crippen LogP contribution >= 0.6 is 0 Å². The fourth-order valence-corrected chi connectivity index (χ4v) is 2.37. The van der Waals surface area contributed by atoms with E-state index in [0.29, 0.717) is 18.5 Å². The van der Waals surface area contributed by atoms with Gasteiger partial charge in [0, 0.05) is 6.04 Å². The van der Waals surface area contributed by atoms with Gasteiger partial charge in [-0.15, -0.1) is 0 Å². The summed E-state index contributed by atoms with van der Waals surface area (Å²) in [5, 5.41) is 3.34. The molecule has 0 amide bonds. The lowest BCUT2D eigenvalue weighted by molar-refractivity contribution is -0.137. The number of rotatable bonds is 11. The highest BCUT2D eigenvalue weighted by atomic mass is 19.4. The Kier molecular flexibility index (Phi) is 10.7. The third-order valence-electron chi connectivity index (χ3n) is 4.02. The summed E-state index contributed by atoms with van der Waals surface area (Å²) in [6.07, 6.45) is 14.1. The summed E-state index contributed by atoms with van der Waals surface area (Å²) < 4.78 is 38.2. The van der Waals surface area contributed by atoms with E-state index in [9.17, 15) is 13.2 Å². The highest BCUT2D eigenvalue weighted by molar-refractivity contribution is 5.26. The zero-order valence-corrected chi connectivity index (χ0v) is 16.3. The van der Waals surface area contributed by atoms with Crippen LogP contribution < -0.4 is 5.32 Å². The number of benzene rings is 1. The molecule has 0 aromatic heterocycles. The van der Waals surface area contributed by atoms with Crippen LogP contribution in [0.5, 0.6) is 0 Å². The molecule has 0 bridgehead atoms. The zero-order valence-electron chi connectivity index (χ0n) is 16.3. The molecule has 4 heteroatoms. The second kappa shape index (κ2) is 12.7. The molecule has 1 nitrogen and oxygen atoms in total. The second-order valence-electron chi connectivity index (χ2n) is 6.30. The molecule has 0 radical (unpaired) electrons. The van der Waals surface area contributed by atoms with E-state index in [0.717, 1.165) is 18.1 Å². The SMILES string of the molecule is C=C\C=C/C=C\C=C/C=C\C(=C)[C@@H](C)NCCCc1cccc(C(F)(F)F)c1. The van der Waals surface area contributed by atoms with Gasteiger partial charge >= 0.3 is 6.18 Å². The molecule has 28 heavy (non-hydrogen) atoms. The molecule has 0 spiro atoms. The molecule has 1 aromatic carbocycles. The van der Waals surface area contributed by atoms with Crippen LogP contribution in [-0.2, 0) is 12.6 Å². The average Bonchev–Trinajstić information content (AvgIpc) is 2.66. The maximum atomic E-state index is 12.7. The van der Waals surface area contributed by atoms with E-state index in [-0.39, 0.29) is 6.04 Å². The van der Waals surface area contributed by atoms with Crippen molar-refractivity contribution in [2.24, 2.45) is 0 Å². The largest absolute Gasteiger partial charge is 0.416 e. The quantitative estimate of drug-likeness (QED) is 0.334. The Morgan fingerprint density at radius 3 is 2.36 bits per heavy atom. The van der Waals surface area contributed by atoms with Crippen molar-refractivity contribution in [2.45, 2.75) is 32.0 Å². The van der Waals surface area contributed by atoms with E-state index in [1.807, 2.05) is 55.5 Å². The first kappa shape index (κ1) is 23.4. The second-order valence-corrected chi connectivity index (χ2v) is 6.30. The number of hydrogen-bond acceptors (Lipinski definition) is 1. The van der Waals surface area contributed by atoms with Gasteiger partial charge in [-0.3, -0.25) is 0 Å². The topological polar surface area (TPSA) is 12.0 Å². The summed E-state index contributed by atoms with van der Waals surface area (Å²) >= 11 is 0. The molecule has 0 saturated heterocycles. The Labute approximate surface area is 166 Å². The fourth-order valence-electron chi connectivity index (χ4n) is 2.37. The van der Waals surface area contributed by atoms with Crippen molar-refractivity contribution in [1.29, 1.82) is 0 Å². The van der Waals surface area contributed by atoms with Gasteiger partial charge in [0.25, 0.3) is 0 Å². The molecule has 0 heterocycles. The maximum absolute atomic E-state index is 12.7. The average molecular weight is 387 g/mol. The highest BCUT2D eigenvalue weighted by Crippen LogP contribution is 2.29. The first-order valence-corrected chi connectivity index (χ1v) is 9.22. The van der Waals surface area contributed by atoms with Crippen LogP contribution in [0, 0.1) is 0 Å². The molecule has 0 fully saturated rings. The van der Waals surface area contributed by atoms with Crippen molar-refractivity contribution in [2.75, 3.05) is 6.54 Å². The molecule has 0 saturated carbocycles.